The molecule has 2 aromatic rings. The Bertz CT molecular complexity index is 595. The van der Waals surface area contributed by atoms with Crippen LogP contribution in [0.5, 0.6) is 0 Å². The number of likely N-dealkylation sites (N-methyl/N-ethyl adjacent to an activating group) is 1. The second-order valence-corrected chi connectivity index (χ2v) is 5.25. The van der Waals surface area contributed by atoms with Crippen molar-refractivity contribution in [2.75, 3.05) is 7.05 Å². The van der Waals surface area contributed by atoms with Gasteiger partial charge < -0.3 is 5.32 Å². The fourth-order valence-electron chi connectivity index (χ4n) is 2.39. The molecule has 1 aromatic heterocycles. The van der Waals surface area contributed by atoms with Crippen LogP contribution in [0.4, 0.5) is 4.39 Å². The Hall–Kier alpha value is -1.39. The van der Waals surface area contributed by atoms with Crippen LogP contribution >= 0.6 is 11.6 Å². The van der Waals surface area contributed by atoms with Gasteiger partial charge in [0.2, 0.25) is 0 Å². The maximum absolute atomic E-state index is 13.1. The van der Waals surface area contributed by atoms with Crippen LogP contribution in [0.3, 0.4) is 0 Å². The summed E-state index contributed by atoms with van der Waals surface area (Å²) >= 11 is 6.11. The Kier molecular flexibility index (Phi) is 4.78. The Morgan fingerprint density at radius 3 is 2.80 bits per heavy atom. The molecule has 1 atom stereocenters. The highest BCUT2D eigenvalue weighted by Crippen LogP contribution is 2.26. The van der Waals surface area contributed by atoms with Gasteiger partial charge in [-0.3, -0.25) is 4.68 Å². The molecule has 0 amide bonds. The third-order valence-corrected chi connectivity index (χ3v) is 3.79. The summed E-state index contributed by atoms with van der Waals surface area (Å²) in [6.07, 6.45) is 3.61. The number of benzene rings is 1. The van der Waals surface area contributed by atoms with Gasteiger partial charge in [0.15, 0.2) is 0 Å². The Morgan fingerprint density at radius 1 is 1.45 bits per heavy atom. The first kappa shape index (κ1) is 15.0. The van der Waals surface area contributed by atoms with E-state index in [1.807, 2.05) is 25.0 Å². The van der Waals surface area contributed by atoms with Gasteiger partial charge in [0.1, 0.15) is 5.82 Å². The van der Waals surface area contributed by atoms with E-state index in [4.69, 9.17) is 11.6 Å². The van der Waals surface area contributed by atoms with Crippen LogP contribution in [0, 0.1) is 5.82 Å². The summed E-state index contributed by atoms with van der Waals surface area (Å²) in [6.45, 7) is 2.09. The zero-order valence-electron chi connectivity index (χ0n) is 12.0. The highest BCUT2D eigenvalue weighted by Gasteiger charge is 2.18. The Morgan fingerprint density at radius 2 is 2.20 bits per heavy atom. The lowest BCUT2D eigenvalue weighted by Gasteiger charge is -2.17. The minimum Gasteiger partial charge on any atom is -0.313 e. The monoisotopic (exact) mass is 295 g/mol. The van der Waals surface area contributed by atoms with Crippen LogP contribution in [0.25, 0.3) is 0 Å². The maximum atomic E-state index is 13.1. The zero-order chi connectivity index (χ0) is 14.7. The topological polar surface area (TPSA) is 29.9 Å². The van der Waals surface area contributed by atoms with Crippen LogP contribution in [0.15, 0.2) is 24.4 Å². The van der Waals surface area contributed by atoms with E-state index in [0.717, 1.165) is 23.2 Å². The molecule has 0 saturated heterocycles. The van der Waals surface area contributed by atoms with Crippen LogP contribution in [-0.4, -0.2) is 16.8 Å². The SMILES string of the molecule is CCc1nn(C)cc1C(Cc1ccc(F)cc1Cl)NC. The summed E-state index contributed by atoms with van der Waals surface area (Å²) in [5.41, 5.74) is 3.17. The third kappa shape index (κ3) is 3.19. The molecule has 0 fully saturated rings. The smallest absolute Gasteiger partial charge is 0.124 e. The van der Waals surface area contributed by atoms with E-state index < -0.39 is 0 Å². The fourth-order valence-corrected chi connectivity index (χ4v) is 2.64. The van der Waals surface area contributed by atoms with Crippen LogP contribution in [0.1, 0.15) is 29.8 Å². The van der Waals surface area contributed by atoms with Crippen molar-refractivity contribution in [3.05, 3.63) is 52.1 Å². The molecule has 0 bridgehead atoms. The molecule has 0 saturated carbocycles. The molecular formula is C15H19ClFN3. The van der Waals surface area contributed by atoms with E-state index in [-0.39, 0.29) is 11.9 Å². The van der Waals surface area contributed by atoms with Crippen molar-refractivity contribution < 1.29 is 4.39 Å². The molecule has 0 radical (unpaired) electrons. The number of halogens is 2. The summed E-state index contributed by atoms with van der Waals surface area (Å²) in [4.78, 5) is 0. The molecule has 5 heteroatoms. The summed E-state index contributed by atoms with van der Waals surface area (Å²) in [7, 11) is 3.83. The summed E-state index contributed by atoms with van der Waals surface area (Å²) < 4.78 is 14.9. The average molecular weight is 296 g/mol. The average Bonchev–Trinajstić information content (AvgIpc) is 2.79. The molecule has 0 aliphatic heterocycles. The molecule has 108 valence electrons. The zero-order valence-corrected chi connectivity index (χ0v) is 12.7. The summed E-state index contributed by atoms with van der Waals surface area (Å²) in [6, 6.07) is 4.65. The standard InChI is InChI=1S/C15H19ClFN3/c1-4-14-12(9-20(3)19-14)15(18-2)7-10-5-6-11(17)8-13(10)16/h5-6,8-9,15,18H,4,7H2,1-3H3. The molecule has 1 unspecified atom stereocenters. The molecule has 0 aliphatic carbocycles. The van der Waals surface area contributed by atoms with Gasteiger partial charge in [-0.1, -0.05) is 24.6 Å². The van der Waals surface area contributed by atoms with Crippen molar-refractivity contribution in [3.8, 4) is 0 Å². The minimum absolute atomic E-state index is 0.113. The van der Waals surface area contributed by atoms with Gasteiger partial charge in [0, 0.05) is 29.9 Å². The number of aromatic nitrogens is 2. The van der Waals surface area contributed by atoms with Gasteiger partial charge in [-0.2, -0.15) is 5.10 Å². The predicted octanol–water partition coefficient (Wildman–Crippen LogP) is 3.28. The number of aryl methyl sites for hydroxylation is 2. The lowest BCUT2D eigenvalue weighted by molar-refractivity contribution is 0.584. The second-order valence-electron chi connectivity index (χ2n) is 4.84. The lowest BCUT2D eigenvalue weighted by Crippen LogP contribution is -2.19. The molecule has 1 aromatic carbocycles. The number of hydrogen-bond donors (Lipinski definition) is 1. The first-order valence-electron chi connectivity index (χ1n) is 6.68. The normalized spacial score (nSPS) is 12.7. The molecule has 1 heterocycles. The number of nitrogens with one attached hydrogen (secondary N) is 1. The summed E-state index contributed by atoms with van der Waals surface area (Å²) in [5.74, 6) is -0.310. The molecule has 2 rings (SSSR count). The fraction of sp³-hybridized carbons (Fsp3) is 0.400. The minimum atomic E-state index is -0.310. The van der Waals surface area contributed by atoms with Crippen LogP contribution < -0.4 is 5.32 Å². The van der Waals surface area contributed by atoms with Crippen molar-refractivity contribution in [1.29, 1.82) is 0 Å². The van der Waals surface area contributed by atoms with Gasteiger partial charge in [0.25, 0.3) is 0 Å². The largest absolute Gasteiger partial charge is 0.313 e. The van der Waals surface area contributed by atoms with Gasteiger partial charge in [-0.25, -0.2) is 4.39 Å². The number of nitrogens with zero attached hydrogens (tertiary/aromatic N) is 2. The van der Waals surface area contributed by atoms with E-state index in [1.165, 1.54) is 12.1 Å². The highest BCUT2D eigenvalue weighted by atomic mass is 35.5. The van der Waals surface area contributed by atoms with E-state index in [2.05, 4.69) is 17.3 Å². The molecule has 0 aliphatic rings. The van der Waals surface area contributed by atoms with Crippen molar-refractivity contribution in [2.45, 2.75) is 25.8 Å². The molecule has 1 N–H and O–H groups in total. The Labute approximate surface area is 123 Å². The van der Waals surface area contributed by atoms with E-state index in [1.54, 1.807) is 6.07 Å². The second kappa shape index (κ2) is 6.37. The number of rotatable bonds is 5. The van der Waals surface area contributed by atoms with Crippen LogP contribution in [-0.2, 0) is 19.9 Å². The van der Waals surface area contributed by atoms with Gasteiger partial charge in [0.05, 0.1) is 5.69 Å². The first-order chi connectivity index (χ1) is 9.55. The Balaban J connectivity index is 2.28. The van der Waals surface area contributed by atoms with E-state index in [0.29, 0.717) is 11.4 Å². The lowest BCUT2D eigenvalue weighted by atomic mass is 9.98. The molecular weight excluding hydrogens is 277 g/mol. The van der Waals surface area contributed by atoms with Gasteiger partial charge >= 0.3 is 0 Å². The van der Waals surface area contributed by atoms with Gasteiger partial charge in [-0.05, 0) is 37.6 Å². The first-order valence-corrected chi connectivity index (χ1v) is 7.06. The molecule has 3 nitrogen and oxygen atoms in total. The van der Waals surface area contributed by atoms with Gasteiger partial charge in [-0.15, -0.1) is 0 Å². The quantitative estimate of drug-likeness (QED) is 0.917. The van der Waals surface area contributed by atoms with Crippen molar-refractivity contribution in [3.63, 3.8) is 0 Å². The van der Waals surface area contributed by atoms with Crippen molar-refractivity contribution in [2.24, 2.45) is 7.05 Å². The van der Waals surface area contributed by atoms with Crippen LogP contribution in [0.2, 0.25) is 5.02 Å². The van der Waals surface area contributed by atoms with E-state index >= 15 is 0 Å². The predicted molar refractivity (Wildman–Crippen MR) is 79.5 cm³/mol. The maximum Gasteiger partial charge on any atom is 0.124 e. The molecule has 0 spiro atoms. The number of hydrogen-bond acceptors (Lipinski definition) is 2. The summed E-state index contributed by atoms with van der Waals surface area (Å²) in [5, 5.41) is 8.22. The third-order valence-electron chi connectivity index (χ3n) is 3.44. The highest BCUT2D eigenvalue weighted by molar-refractivity contribution is 6.31. The van der Waals surface area contributed by atoms with Crippen molar-refractivity contribution in [1.82, 2.24) is 15.1 Å². The van der Waals surface area contributed by atoms with Crippen molar-refractivity contribution >= 4 is 11.6 Å². The van der Waals surface area contributed by atoms with E-state index in [9.17, 15) is 4.39 Å². The molecule has 20 heavy (non-hydrogen) atoms.